The number of anilines is 1. The van der Waals surface area contributed by atoms with E-state index in [9.17, 15) is 9.59 Å². The van der Waals surface area contributed by atoms with Gasteiger partial charge in [-0.05, 0) is 48.5 Å². The molecule has 156 valence electrons. The van der Waals surface area contributed by atoms with Crippen LogP contribution in [0.4, 0.5) is 5.69 Å². The van der Waals surface area contributed by atoms with E-state index in [1.807, 2.05) is 30.3 Å². The van der Waals surface area contributed by atoms with E-state index in [0.717, 1.165) is 0 Å². The van der Waals surface area contributed by atoms with Crippen LogP contribution in [0, 0.1) is 11.3 Å². The largest absolute Gasteiger partial charge is 0.457 e. The van der Waals surface area contributed by atoms with Crippen molar-refractivity contribution in [3.8, 4) is 28.8 Å². The van der Waals surface area contributed by atoms with E-state index in [2.05, 4.69) is 16.9 Å². The Hall–Kier alpha value is -4.90. The summed E-state index contributed by atoms with van der Waals surface area (Å²) in [7, 11) is 0. The van der Waals surface area contributed by atoms with Gasteiger partial charge in [-0.2, -0.15) is 5.26 Å². The minimum Gasteiger partial charge on any atom is -0.457 e. The molecule has 4 aromatic rings. The van der Waals surface area contributed by atoms with Gasteiger partial charge in [0.2, 0.25) is 0 Å². The van der Waals surface area contributed by atoms with Crippen LogP contribution in [0.25, 0.3) is 16.9 Å². The molecular formula is C24H17N5O3. The number of ether oxygens (including phenoxy) is 1. The van der Waals surface area contributed by atoms with Crippen molar-refractivity contribution in [1.82, 2.24) is 9.38 Å². The van der Waals surface area contributed by atoms with Crippen LogP contribution in [0.15, 0.2) is 85.1 Å². The molecule has 4 rings (SSSR count). The molecule has 0 saturated carbocycles. The fourth-order valence-electron chi connectivity index (χ4n) is 3.16. The lowest BCUT2D eigenvalue weighted by Gasteiger charge is -2.06. The van der Waals surface area contributed by atoms with Crippen LogP contribution in [0.1, 0.15) is 10.5 Å². The Balaban J connectivity index is 1.74. The first kappa shape index (κ1) is 20.4. The molecule has 0 saturated heterocycles. The first-order valence-corrected chi connectivity index (χ1v) is 9.52. The molecule has 32 heavy (non-hydrogen) atoms. The van der Waals surface area contributed by atoms with E-state index in [0.29, 0.717) is 34.1 Å². The van der Waals surface area contributed by atoms with Crippen molar-refractivity contribution < 1.29 is 14.3 Å². The summed E-state index contributed by atoms with van der Waals surface area (Å²) in [5, 5.41) is 11.5. The smallest absolute Gasteiger partial charge is 0.268 e. The molecule has 0 aliphatic heterocycles. The number of nitrogens with one attached hydrogen (secondary N) is 1. The fraction of sp³-hybridized carbons (Fsp3) is 0. The van der Waals surface area contributed by atoms with Gasteiger partial charge in [0.15, 0.2) is 5.65 Å². The number of amides is 2. The topological polar surface area (TPSA) is 123 Å². The second-order valence-corrected chi connectivity index (χ2v) is 6.77. The summed E-state index contributed by atoms with van der Waals surface area (Å²) in [6.07, 6.45) is 1.62. The first-order chi connectivity index (χ1) is 15.5. The number of imidazole rings is 1. The van der Waals surface area contributed by atoms with Crippen LogP contribution in [-0.2, 0) is 4.79 Å². The van der Waals surface area contributed by atoms with Crippen LogP contribution in [0.3, 0.4) is 0 Å². The number of para-hydroxylation sites is 1. The molecule has 0 bridgehead atoms. The maximum absolute atomic E-state index is 12.3. The zero-order valence-corrected chi connectivity index (χ0v) is 16.8. The highest BCUT2D eigenvalue weighted by molar-refractivity contribution is 6.08. The summed E-state index contributed by atoms with van der Waals surface area (Å²) >= 11 is 0. The van der Waals surface area contributed by atoms with Crippen molar-refractivity contribution in [3.63, 3.8) is 0 Å². The Morgan fingerprint density at radius 3 is 2.38 bits per heavy atom. The quantitative estimate of drug-likeness (QED) is 0.360. The lowest BCUT2D eigenvalue weighted by molar-refractivity contribution is -0.112. The molecule has 0 aliphatic rings. The van der Waals surface area contributed by atoms with Crippen LogP contribution < -0.4 is 15.8 Å². The molecule has 0 radical (unpaired) electrons. The third kappa shape index (κ3) is 3.91. The highest BCUT2D eigenvalue weighted by Crippen LogP contribution is 2.30. The number of benzene rings is 2. The summed E-state index contributed by atoms with van der Waals surface area (Å²) in [5.74, 6) is -0.0207. The van der Waals surface area contributed by atoms with Crippen molar-refractivity contribution >= 4 is 23.1 Å². The molecule has 2 aromatic heterocycles. The van der Waals surface area contributed by atoms with Gasteiger partial charge in [0.05, 0.1) is 5.69 Å². The monoisotopic (exact) mass is 423 g/mol. The van der Waals surface area contributed by atoms with Crippen molar-refractivity contribution in [1.29, 1.82) is 5.26 Å². The van der Waals surface area contributed by atoms with E-state index in [1.54, 1.807) is 48.7 Å². The second-order valence-electron chi connectivity index (χ2n) is 6.77. The van der Waals surface area contributed by atoms with E-state index >= 15 is 0 Å². The number of aromatic nitrogens is 2. The first-order valence-electron chi connectivity index (χ1n) is 9.52. The number of rotatable bonds is 6. The maximum Gasteiger partial charge on any atom is 0.268 e. The van der Waals surface area contributed by atoms with Crippen LogP contribution >= 0.6 is 0 Å². The fourth-order valence-corrected chi connectivity index (χ4v) is 3.16. The van der Waals surface area contributed by atoms with Gasteiger partial charge in [0, 0.05) is 11.8 Å². The van der Waals surface area contributed by atoms with Crippen LogP contribution in [0.2, 0.25) is 0 Å². The second kappa shape index (κ2) is 8.45. The predicted molar refractivity (Wildman–Crippen MR) is 119 cm³/mol. The molecule has 8 heteroatoms. The molecule has 0 fully saturated rings. The summed E-state index contributed by atoms with van der Waals surface area (Å²) in [6.45, 7) is 3.40. The van der Waals surface area contributed by atoms with E-state index in [4.69, 9.17) is 15.7 Å². The number of hydrogen-bond donors (Lipinski definition) is 2. The van der Waals surface area contributed by atoms with Gasteiger partial charge in [-0.15, -0.1) is 0 Å². The zero-order valence-electron chi connectivity index (χ0n) is 16.8. The summed E-state index contributed by atoms with van der Waals surface area (Å²) in [5.41, 5.74) is 7.17. The average molecular weight is 423 g/mol. The predicted octanol–water partition coefficient (Wildman–Crippen LogP) is 3.91. The Labute approximate surface area is 183 Å². The minimum atomic E-state index is -0.679. The zero-order chi connectivity index (χ0) is 22.7. The third-order valence-electron chi connectivity index (χ3n) is 4.65. The Morgan fingerprint density at radius 1 is 1.03 bits per heavy atom. The van der Waals surface area contributed by atoms with Gasteiger partial charge < -0.3 is 15.8 Å². The van der Waals surface area contributed by atoms with Gasteiger partial charge in [-0.1, -0.05) is 24.8 Å². The molecule has 0 spiro atoms. The number of nitrogens with two attached hydrogens (primary N) is 1. The molecule has 0 atom stereocenters. The molecule has 3 N–H and O–H groups in total. The SMILES string of the molecule is C=C(C#N)C(=O)Nc1cccn2c(C(N)=O)c(-c3ccc(Oc4ccccc4)cc3)nc12. The summed E-state index contributed by atoms with van der Waals surface area (Å²) in [6, 6.07) is 21.3. The van der Waals surface area contributed by atoms with Gasteiger partial charge in [-0.3, -0.25) is 14.0 Å². The minimum absolute atomic E-state index is 0.159. The number of nitrogens with zero attached hydrogens (tertiary/aromatic N) is 3. The molecule has 0 aliphatic carbocycles. The highest BCUT2D eigenvalue weighted by atomic mass is 16.5. The molecule has 2 aromatic carbocycles. The number of pyridine rings is 1. The lowest BCUT2D eigenvalue weighted by Crippen LogP contribution is -2.16. The van der Waals surface area contributed by atoms with Gasteiger partial charge in [0.25, 0.3) is 11.8 Å². The molecule has 8 nitrogen and oxygen atoms in total. The molecule has 2 amide bonds. The molecule has 0 unspecified atom stereocenters. The van der Waals surface area contributed by atoms with Gasteiger partial charge in [-0.25, -0.2) is 4.98 Å². The summed E-state index contributed by atoms with van der Waals surface area (Å²) in [4.78, 5) is 28.9. The van der Waals surface area contributed by atoms with E-state index in [1.165, 1.54) is 4.40 Å². The lowest BCUT2D eigenvalue weighted by atomic mass is 10.1. The van der Waals surface area contributed by atoms with Gasteiger partial charge >= 0.3 is 0 Å². The number of primary amides is 1. The number of fused-ring (bicyclic) bond motifs is 1. The standard InChI is InChI=1S/C24H17N5O3/c1-15(14-25)24(31)27-19-8-5-13-29-21(22(26)30)20(28-23(19)29)16-9-11-18(12-10-16)32-17-6-3-2-4-7-17/h2-13H,1H2,(H2,26,30)(H,27,31). The molecule has 2 heterocycles. The molecular weight excluding hydrogens is 406 g/mol. The van der Waals surface area contributed by atoms with E-state index in [-0.39, 0.29) is 11.3 Å². The number of nitriles is 1. The Morgan fingerprint density at radius 2 is 1.72 bits per heavy atom. The number of carbonyl (C=O) groups is 2. The maximum atomic E-state index is 12.3. The van der Waals surface area contributed by atoms with Crippen molar-refractivity contribution in [2.75, 3.05) is 5.32 Å². The van der Waals surface area contributed by atoms with Crippen molar-refractivity contribution in [3.05, 3.63) is 90.8 Å². The van der Waals surface area contributed by atoms with Crippen molar-refractivity contribution in [2.45, 2.75) is 0 Å². The Bertz CT molecular complexity index is 1380. The average Bonchev–Trinajstić information content (AvgIpc) is 3.20. The highest BCUT2D eigenvalue weighted by Gasteiger charge is 2.21. The van der Waals surface area contributed by atoms with Crippen molar-refractivity contribution in [2.24, 2.45) is 5.73 Å². The number of carbonyl (C=O) groups excluding carboxylic acids is 2. The van der Waals surface area contributed by atoms with Gasteiger partial charge in [0.1, 0.15) is 34.5 Å². The normalized spacial score (nSPS) is 10.3. The van der Waals surface area contributed by atoms with Crippen LogP contribution in [-0.4, -0.2) is 21.2 Å². The third-order valence-corrected chi connectivity index (χ3v) is 4.65. The number of hydrogen-bond acceptors (Lipinski definition) is 5. The van der Waals surface area contributed by atoms with E-state index < -0.39 is 11.8 Å². The van der Waals surface area contributed by atoms with Crippen LogP contribution in [0.5, 0.6) is 11.5 Å². The Kier molecular flexibility index (Phi) is 5.38. The summed E-state index contributed by atoms with van der Waals surface area (Å²) < 4.78 is 7.30.